The highest BCUT2D eigenvalue weighted by Gasteiger charge is 2.28. The average molecular weight is 226 g/mol. The van der Waals surface area contributed by atoms with E-state index in [1.54, 1.807) is 0 Å². The minimum atomic E-state index is 0.243. The molecule has 0 saturated heterocycles. The number of hydrogen-bond donors (Lipinski definition) is 1. The van der Waals surface area contributed by atoms with Gasteiger partial charge in [-0.2, -0.15) is 0 Å². The van der Waals surface area contributed by atoms with Crippen LogP contribution < -0.4 is 4.90 Å². The molecule has 1 aromatic carbocycles. The van der Waals surface area contributed by atoms with Crippen molar-refractivity contribution in [3.63, 3.8) is 0 Å². The van der Waals surface area contributed by atoms with Gasteiger partial charge >= 0.3 is 0 Å². The number of rotatable bonds is 3. The average Bonchev–Trinajstić information content (AvgIpc) is 2.58. The lowest BCUT2D eigenvalue weighted by molar-refractivity contribution is 0.274. The normalized spacial score (nSPS) is 19.4. The quantitative estimate of drug-likeness (QED) is 0.855. The van der Waals surface area contributed by atoms with E-state index in [-0.39, 0.29) is 6.61 Å². The van der Waals surface area contributed by atoms with E-state index in [1.165, 1.54) is 11.3 Å². The van der Waals surface area contributed by atoms with Gasteiger partial charge in [-0.25, -0.2) is 0 Å². The number of nitrogens with zero attached hydrogens (tertiary/aromatic N) is 1. The maximum absolute atomic E-state index is 9.03. The molecule has 1 heterocycles. The monoisotopic (exact) mass is 225 g/mol. The van der Waals surface area contributed by atoms with Crippen LogP contribution >= 0.6 is 11.6 Å². The highest BCUT2D eigenvalue weighted by Crippen LogP contribution is 2.37. The summed E-state index contributed by atoms with van der Waals surface area (Å²) in [5.41, 5.74) is 2.47. The van der Waals surface area contributed by atoms with Crippen molar-refractivity contribution in [1.82, 2.24) is 0 Å². The maximum atomic E-state index is 9.03. The Hall–Kier alpha value is -0.730. The number of aliphatic hydroxyl groups is 1. The first-order valence-corrected chi connectivity index (χ1v) is 5.80. The van der Waals surface area contributed by atoms with Crippen molar-refractivity contribution in [3.05, 3.63) is 28.8 Å². The molecular formula is C12H16ClNO. The predicted octanol–water partition coefficient (Wildman–Crippen LogP) is 2.47. The number of anilines is 1. The largest absolute Gasteiger partial charge is 0.396 e. The van der Waals surface area contributed by atoms with Crippen LogP contribution in [-0.2, 0) is 6.42 Å². The summed E-state index contributed by atoms with van der Waals surface area (Å²) in [6.07, 6.45) is 1.78. The van der Waals surface area contributed by atoms with Gasteiger partial charge in [-0.3, -0.25) is 0 Å². The molecule has 0 bridgehead atoms. The molecule has 15 heavy (non-hydrogen) atoms. The van der Waals surface area contributed by atoms with Crippen molar-refractivity contribution < 1.29 is 5.11 Å². The lowest BCUT2D eigenvalue weighted by Gasteiger charge is -2.25. The lowest BCUT2D eigenvalue weighted by atomic mass is 10.1. The van der Waals surface area contributed by atoms with E-state index in [2.05, 4.69) is 17.9 Å². The summed E-state index contributed by atoms with van der Waals surface area (Å²) in [6.45, 7) is 3.35. The van der Waals surface area contributed by atoms with Gasteiger partial charge in [-0.15, -0.1) is 0 Å². The van der Waals surface area contributed by atoms with E-state index in [4.69, 9.17) is 16.7 Å². The molecule has 0 fully saturated rings. The Morgan fingerprint density at radius 3 is 3.00 bits per heavy atom. The minimum Gasteiger partial charge on any atom is -0.396 e. The number of benzene rings is 1. The van der Waals surface area contributed by atoms with E-state index in [0.29, 0.717) is 6.04 Å². The van der Waals surface area contributed by atoms with Gasteiger partial charge in [0.1, 0.15) is 0 Å². The van der Waals surface area contributed by atoms with Gasteiger partial charge in [-0.05, 0) is 37.5 Å². The summed E-state index contributed by atoms with van der Waals surface area (Å²) in [7, 11) is 0. The van der Waals surface area contributed by atoms with Gasteiger partial charge < -0.3 is 10.0 Å². The fourth-order valence-corrected chi connectivity index (χ4v) is 2.64. The van der Waals surface area contributed by atoms with Crippen molar-refractivity contribution in [1.29, 1.82) is 0 Å². The number of hydrogen-bond acceptors (Lipinski definition) is 2. The van der Waals surface area contributed by atoms with Crippen molar-refractivity contribution in [2.75, 3.05) is 18.1 Å². The van der Waals surface area contributed by atoms with E-state index >= 15 is 0 Å². The number of halogens is 1. The molecule has 0 radical (unpaired) electrons. The van der Waals surface area contributed by atoms with Crippen LogP contribution in [-0.4, -0.2) is 24.3 Å². The SMILES string of the molecule is CCN1c2cccc(Cl)c2CC1CCO. The number of likely N-dealkylation sites (N-methyl/N-ethyl adjacent to an activating group) is 1. The summed E-state index contributed by atoms with van der Waals surface area (Å²) >= 11 is 6.17. The summed E-state index contributed by atoms with van der Waals surface area (Å²) in [6, 6.07) is 6.46. The Labute approximate surface area is 95.5 Å². The molecule has 0 saturated carbocycles. The molecule has 1 unspecified atom stereocenters. The number of aliphatic hydroxyl groups excluding tert-OH is 1. The van der Waals surface area contributed by atoms with Crippen LogP contribution in [0.5, 0.6) is 0 Å². The van der Waals surface area contributed by atoms with Gasteiger partial charge in [0.2, 0.25) is 0 Å². The van der Waals surface area contributed by atoms with Crippen LogP contribution in [0.1, 0.15) is 18.9 Å². The second kappa shape index (κ2) is 4.42. The lowest BCUT2D eigenvalue weighted by Crippen LogP contribution is -2.32. The van der Waals surface area contributed by atoms with Crippen LogP contribution in [0.3, 0.4) is 0 Å². The van der Waals surface area contributed by atoms with Gasteiger partial charge in [-0.1, -0.05) is 17.7 Å². The molecule has 82 valence electrons. The van der Waals surface area contributed by atoms with Gasteiger partial charge in [0.25, 0.3) is 0 Å². The molecule has 2 nitrogen and oxygen atoms in total. The van der Waals surface area contributed by atoms with Crippen molar-refractivity contribution in [3.8, 4) is 0 Å². The highest BCUT2D eigenvalue weighted by molar-refractivity contribution is 6.31. The van der Waals surface area contributed by atoms with Gasteiger partial charge in [0.05, 0.1) is 0 Å². The third-order valence-corrected chi connectivity index (χ3v) is 3.44. The van der Waals surface area contributed by atoms with Gasteiger partial charge in [0, 0.05) is 29.9 Å². The molecular weight excluding hydrogens is 210 g/mol. The molecule has 0 aromatic heterocycles. The third kappa shape index (κ3) is 1.84. The zero-order chi connectivity index (χ0) is 10.8. The number of fused-ring (bicyclic) bond motifs is 1. The zero-order valence-electron chi connectivity index (χ0n) is 8.91. The highest BCUT2D eigenvalue weighted by atomic mass is 35.5. The summed E-state index contributed by atoms with van der Waals surface area (Å²) in [5.74, 6) is 0. The fraction of sp³-hybridized carbons (Fsp3) is 0.500. The molecule has 0 spiro atoms. The van der Waals surface area contributed by atoms with Crippen molar-refractivity contribution >= 4 is 17.3 Å². The Bertz CT molecular complexity index is 353. The summed E-state index contributed by atoms with van der Waals surface area (Å²) in [5, 5.41) is 9.88. The fourth-order valence-electron chi connectivity index (χ4n) is 2.40. The van der Waals surface area contributed by atoms with Crippen LogP contribution in [0.25, 0.3) is 0 Å². The Balaban J connectivity index is 2.32. The minimum absolute atomic E-state index is 0.243. The summed E-state index contributed by atoms with van der Waals surface area (Å²) in [4.78, 5) is 2.33. The summed E-state index contributed by atoms with van der Waals surface area (Å²) < 4.78 is 0. The van der Waals surface area contributed by atoms with Crippen LogP contribution in [0.15, 0.2) is 18.2 Å². The molecule has 2 rings (SSSR count). The molecule has 1 atom stereocenters. The first-order chi connectivity index (χ1) is 7.27. The Kier molecular flexibility index (Phi) is 3.17. The molecule has 3 heteroatoms. The van der Waals surface area contributed by atoms with E-state index < -0.39 is 0 Å². The first kappa shape index (κ1) is 10.8. The standard InChI is InChI=1S/C12H16ClNO/c1-2-14-9(6-7-15)8-10-11(13)4-3-5-12(10)14/h3-5,9,15H,2,6-8H2,1H3. The Morgan fingerprint density at radius 2 is 2.33 bits per heavy atom. The first-order valence-electron chi connectivity index (χ1n) is 5.42. The molecule has 1 aliphatic rings. The van der Waals surface area contributed by atoms with Crippen LogP contribution in [0.2, 0.25) is 5.02 Å². The van der Waals surface area contributed by atoms with Crippen LogP contribution in [0, 0.1) is 0 Å². The smallest absolute Gasteiger partial charge is 0.0459 e. The topological polar surface area (TPSA) is 23.5 Å². The third-order valence-electron chi connectivity index (χ3n) is 3.09. The second-order valence-corrected chi connectivity index (χ2v) is 4.30. The second-order valence-electron chi connectivity index (χ2n) is 3.89. The molecule has 1 aliphatic heterocycles. The zero-order valence-corrected chi connectivity index (χ0v) is 9.67. The van der Waals surface area contributed by atoms with Gasteiger partial charge in [0.15, 0.2) is 0 Å². The molecule has 0 amide bonds. The Morgan fingerprint density at radius 1 is 1.53 bits per heavy atom. The van der Waals surface area contributed by atoms with E-state index in [0.717, 1.165) is 24.4 Å². The molecule has 1 N–H and O–H groups in total. The van der Waals surface area contributed by atoms with Crippen molar-refractivity contribution in [2.45, 2.75) is 25.8 Å². The van der Waals surface area contributed by atoms with E-state index in [1.807, 2.05) is 12.1 Å². The molecule has 0 aliphatic carbocycles. The van der Waals surface area contributed by atoms with Crippen LogP contribution in [0.4, 0.5) is 5.69 Å². The molecule has 1 aromatic rings. The van der Waals surface area contributed by atoms with Crippen molar-refractivity contribution in [2.24, 2.45) is 0 Å². The maximum Gasteiger partial charge on any atom is 0.0459 e. The van der Waals surface area contributed by atoms with E-state index in [9.17, 15) is 0 Å². The predicted molar refractivity (Wildman–Crippen MR) is 63.7 cm³/mol.